The normalized spacial score (nSPS) is 11.2. The second kappa shape index (κ2) is 7.06. The number of aromatic carboxylic acids is 1. The Hall–Kier alpha value is -3.82. The predicted octanol–water partition coefficient (Wildman–Crippen LogP) is 3.68. The lowest BCUT2D eigenvalue weighted by atomic mass is 10.1. The number of fused-ring (bicyclic) bond motifs is 1. The fraction of sp³-hybridized carbons (Fsp3) is 0.0556. The topological polar surface area (TPSA) is 97.6 Å². The molecule has 0 saturated heterocycles. The quantitative estimate of drug-likeness (QED) is 0.709. The second-order valence-electron chi connectivity index (χ2n) is 5.57. The summed E-state index contributed by atoms with van der Waals surface area (Å²) in [5.74, 6) is -1.96. The summed E-state index contributed by atoms with van der Waals surface area (Å²) in [6.45, 7) is 0. The number of halogens is 3. The van der Waals surface area contributed by atoms with E-state index in [0.29, 0.717) is 0 Å². The van der Waals surface area contributed by atoms with Gasteiger partial charge in [-0.15, -0.1) is 13.2 Å². The van der Waals surface area contributed by atoms with Crippen LogP contribution < -0.4 is 15.5 Å². The first kappa shape index (κ1) is 19.0. The molecule has 1 aromatic heterocycles. The van der Waals surface area contributed by atoms with E-state index in [1.54, 1.807) is 6.07 Å². The summed E-state index contributed by atoms with van der Waals surface area (Å²) >= 11 is 0. The molecule has 0 atom stereocenters. The average Bonchev–Trinajstić information content (AvgIpc) is 2.62. The van der Waals surface area contributed by atoms with Gasteiger partial charge in [-0.25, -0.2) is 9.59 Å². The van der Waals surface area contributed by atoms with Gasteiger partial charge >= 0.3 is 18.4 Å². The number of para-hydroxylation sites is 1. The first-order valence-corrected chi connectivity index (χ1v) is 7.70. The van der Waals surface area contributed by atoms with Gasteiger partial charge in [0, 0.05) is 17.3 Å². The number of alkyl halides is 3. The average molecular weight is 392 g/mol. The Morgan fingerprint density at radius 1 is 1.04 bits per heavy atom. The maximum absolute atomic E-state index is 12.6. The van der Waals surface area contributed by atoms with Gasteiger partial charge in [-0.1, -0.05) is 12.1 Å². The van der Waals surface area contributed by atoms with E-state index < -0.39 is 35.1 Å². The highest BCUT2D eigenvalue weighted by atomic mass is 19.4. The zero-order chi connectivity index (χ0) is 20.5. The summed E-state index contributed by atoms with van der Waals surface area (Å²) < 4.78 is 41.3. The van der Waals surface area contributed by atoms with E-state index in [0.717, 1.165) is 22.9 Å². The van der Waals surface area contributed by atoms with Crippen molar-refractivity contribution in [2.45, 2.75) is 6.36 Å². The van der Waals surface area contributed by atoms with Crippen LogP contribution in [0.15, 0.2) is 59.5 Å². The summed E-state index contributed by atoms with van der Waals surface area (Å²) in [4.78, 5) is 36.1. The van der Waals surface area contributed by atoms with Crippen LogP contribution in [-0.2, 0) is 0 Å². The standard InChI is InChI=1S/C18H11F3N2O5/c19-18(20,21)28-11-7-5-10(6-8-11)22-17(27)23-9-13(16(25)26)15(24)12-3-1-2-4-14(12)23/h1-9H,(H,22,27)(H,25,26). The molecule has 0 bridgehead atoms. The SMILES string of the molecule is O=C(O)c1cn(C(=O)Nc2ccc(OC(F)(F)F)cc2)c2ccccc2c1=O. The fourth-order valence-corrected chi connectivity index (χ4v) is 2.52. The number of carbonyl (C=O) groups excluding carboxylic acids is 1. The Bertz CT molecular complexity index is 1120. The number of rotatable bonds is 3. The van der Waals surface area contributed by atoms with Gasteiger partial charge in [0.25, 0.3) is 0 Å². The van der Waals surface area contributed by atoms with Gasteiger partial charge in [0.2, 0.25) is 5.43 Å². The molecule has 0 aliphatic rings. The molecule has 3 aromatic rings. The zero-order valence-corrected chi connectivity index (χ0v) is 13.9. The summed E-state index contributed by atoms with van der Waals surface area (Å²) in [7, 11) is 0. The van der Waals surface area contributed by atoms with Crippen LogP contribution in [0.4, 0.5) is 23.7 Å². The van der Waals surface area contributed by atoms with E-state index in [2.05, 4.69) is 10.1 Å². The summed E-state index contributed by atoms with van der Waals surface area (Å²) in [5.41, 5.74) is -1.02. The molecule has 1 heterocycles. The first-order chi connectivity index (χ1) is 13.2. The third-order valence-corrected chi connectivity index (χ3v) is 3.70. The van der Waals surface area contributed by atoms with Crippen molar-refractivity contribution in [1.82, 2.24) is 4.57 Å². The molecule has 1 amide bonds. The highest BCUT2D eigenvalue weighted by molar-refractivity contribution is 6.00. The molecule has 0 fully saturated rings. The number of hydrogen-bond donors (Lipinski definition) is 2. The van der Waals surface area contributed by atoms with Gasteiger partial charge in [-0.2, -0.15) is 0 Å². The molecule has 0 saturated carbocycles. The molecular weight excluding hydrogens is 381 g/mol. The van der Waals surface area contributed by atoms with Crippen molar-refractivity contribution in [3.8, 4) is 5.75 Å². The molecule has 0 aliphatic carbocycles. The maximum atomic E-state index is 12.6. The van der Waals surface area contributed by atoms with Crippen LogP contribution in [0.5, 0.6) is 5.75 Å². The largest absolute Gasteiger partial charge is 0.573 e. The van der Waals surface area contributed by atoms with Gasteiger partial charge in [-0.05, 0) is 36.4 Å². The number of aromatic nitrogens is 1. The molecular formula is C18H11F3N2O5. The number of nitrogens with one attached hydrogen (secondary N) is 1. The number of carboxylic acids is 1. The summed E-state index contributed by atoms with van der Waals surface area (Å²) in [6.07, 6.45) is -3.95. The number of hydrogen-bond acceptors (Lipinski definition) is 4. The third kappa shape index (κ3) is 3.95. The Morgan fingerprint density at radius 2 is 1.68 bits per heavy atom. The van der Waals surface area contributed by atoms with E-state index in [-0.39, 0.29) is 16.6 Å². The van der Waals surface area contributed by atoms with Crippen LogP contribution in [0.3, 0.4) is 0 Å². The minimum atomic E-state index is -4.84. The maximum Gasteiger partial charge on any atom is 0.573 e. The minimum absolute atomic E-state index is 0.0338. The molecule has 2 N–H and O–H groups in total. The number of carboxylic acid groups (broad SMARTS) is 1. The molecule has 0 unspecified atom stereocenters. The van der Waals surface area contributed by atoms with Crippen molar-refractivity contribution < 1.29 is 32.6 Å². The van der Waals surface area contributed by atoms with Crippen molar-refractivity contribution in [3.05, 3.63) is 70.5 Å². The Balaban J connectivity index is 1.95. The van der Waals surface area contributed by atoms with Crippen LogP contribution >= 0.6 is 0 Å². The minimum Gasteiger partial charge on any atom is -0.477 e. The van der Waals surface area contributed by atoms with Gasteiger partial charge in [0.1, 0.15) is 11.3 Å². The molecule has 0 aliphatic heterocycles. The molecule has 28 heavy (non-hydrogen) atoms. The van der Waals surface area contributed by atoms with Gasteiger partial charge in [0.05, 0.1) is 5.52 Å². The van der Waals surface area contributed by atoms with E-state index in [1.807, 2.05) is 0 Å². The molecule has 0 radical (unpaired) electrons. The predicted molar refractivity (Wildman–Crippen MR) is 92.7 cm³/mol. The van der Waals surface area contributed by atoms with Crippen LogP contribution in [0.2, 0.25) is 0 Å². The monoisotopic (exact) mass is 392 g/mol. The molecule has 2 aromatic carbocycles. The van der Waals surface area contributed by atoms with Gasteiger partial charge < -0.3 is 15.2 Å². The number of nitrogens with zero attached hydrogens (tertiary/aromatic N) is 1. The third-order valence-electron chi connectivity index (χ3n) is 3.70. The van der Waals surface area contributed by atoms with Crippen LogP contribution in [-0.4, -0.2) is 28.0 Å². The summed E-state index contributed by atoms with van der Waals surface area (Å²) in [6, 6.07) is 9.52. The lowest BCUT2D eigenvalue weighted by Crippen LogP contribution is -2.25. The van der Waals surface area contributed by atoms with Crippen molar-refractivity contribution >= 4 is 28.6 Å². The lowest BCUT2D eigenvalue weighted by Gasteiger charge is -2.13. The van der Waals surface area contributed by atoms with E-state index in [4.69, 9.17) is 0 Å². The van der Waals surface area contributed by atoms with E-state index >= 15 is 0 Å². The fourth-order valence-electron chi connectivity index (χ4n) is 2.52. The summed E-state index contributed by atoms with van der Waals surface area (Å²) in [5, 5.41) is 11.6. The zero-order valence-electron chi connectivity index (χ0n) is 13.9. The number of pyridine rings is 1. The number of anilines is 1. The van der Waals surface area contributed by atoms with Crippen LogP contribution in [0.1, 0.15) is 10.4 Å². The molecule has 10 heteroatoms. The smallest absolute Gasteiger partial charge is 0.477 e. The first-order valence-electron chi connectivity index (χ1n) is 7.70. The lowest BCUT2D eigenvalue weighted by molar-refractivity contribution is -0.274. The highest BCUT2D eigenvalue weighted by Crippen LogP contribution is 2.24. The Labute approximate surface area is 154 Å². The Kier molecular flexibility index (Phi) is 4.78. The van der Waals surface area contributed by atoms with E-state index in [1.165, 1.54) is 30.3 Å². The number of benzene rings is 2. The van der Waals surface area contributed by atoms with Crippen molar-refractivity contribution in [2.75, 3.05) is 5.32 Å². The van der Waals surface area contributed by atoms with Crippen LogP contribution in [0.25, 0.3) is 10.9 Å². The molecule has 144 valence electrons. The molecule has 3 rings (SSSR count). The van der Waals surface area contributed by atoms with Gasteiger partial charge in [-0.3, -0.25) is 9.36 Å². The molecule has 7 nitrogen and oxygen atoms in total. The highest BCUT2D eigenvalue weighted by Gasteiger charge is 2.31. The number of carbonyl (C=O) groups is 2. The number of ether oxygens (including phenoxy) is 1. The second-order valence-corrected chi connectivity index (χ2v) is 5.57. The van der Waals surface area contributed by atoms with E-state index in [9.17, 15) is 32.7 Å². The molecule has 0 spiro atoms. The van der Waals surface area contributed by atoms with Crippen LogP contribution in [0, 0.1) is 0 Å². The number of amides is 1. The van der Waals surface area contributed by atoms with Crippen molar-refractivity contribution in [3.63, 3.8) is 0 Å². The van der Waals surface area contributed by atoms with Crippen molar-refractivity contribution in [1.29, 1.82) is 0 Å². The Morgan fingerprint density at radius 3 is 2.29 bits per heavy atom. The van der Waals surface area contributed by atoms with Crippen molar-refractivity contribution in [2.24, 2.45) is 0 Å². The van der Waals surface area contributed by atoms with Gasteiger partial charge in [0.15, 0.2) is 0 Å².